The zero-order valence-electron chi connectivity index (χ0n) is 29.7. The normalized spacial score (nSPS) is 18.7. The zero-order valence-corrected chi connectivity index (χ0v) is 31.3. The lowest BCUT2D eigenvalue weighted by Crippen LogP contribution is -2.72. The van der Waals surface area contributed by atoms with Gasteiger partial charge in [-0.2, -0.15) is 0 Å². The van der Waals surface area contributed by atoms with E-state index in [1.54, 1.807) is 33.4 Å². The van der Waals surface area contributed by atoms with Crippen LogP contribution in [-0.2, 0) is 22.7 Å². The van der Waals surface area contributed by atoms with Gasteiger partial charge in [0.15, 0.2) is 0 Å². The van der Waals surface area contributed by atoms with E-state index in [4.69, 9.17) is 47.9 Å². The molecular formula is C38H41Cl2N9O3. The SMILES string of the molecule is CNc1nc(-c2cccc(-c3cccc(-c4cnc(CN5CC6(C5)CN(C(C)=O)C6)c(OC)n4)c3Cl)c2Cl)cnc1CN1CC2(C1)CN(C(C)=O)C2. The Kier molecular flexibility index (Phi) is 8.84. The van der Waals surface area contributed by atoms with Crippen molar-refractivity contribution in [1.82, 2.24) is 39.5 Å². The van der Waals surface area contributed by atoms with Crippen LogP contribution in [0.4, 0.5) is 5.82 Å². The summed E-state index contributed by atoms with van der Waals surface area (Å²) in [6.07, 6.45) is 3.51. The summed E-state index contributed by atoms with van der Waals surface area (Å²) in [6, 6.07) is 11.6. The Bertz CT molecular complexity index is 1920. The van der Waals surface area contributed by atoms with Gasteiger partial charge >= 0.3 is 0 Å². The third-order valence-electron chi connectivity index (χ3n) is 10.9. The average molecular weight is 743 g/mol. The average Bonchev–Trinajstić information content (AvgIpc) is 3.06. The van der Waals surface area contributed by atoms with Crippen LogP contribution in [0.5, 0.6) is 5.88 Å². The van der Waals surface area contributed by atoms with Gasteiger partial charge in [0.1, 0.15) is 11.5 Å². The van der Waals surface area contributed by atoms with Crippen LogP contribution in [0.15, 0.2) is 48.8 Å². The Morgan fingerprint density at radius 1 is 0.712 bits per heavy atom. The molecule has 4 fully saturated rings. The van der Waals surface area contributed by atoms with Crippen molar-refractivity contribution in [1.29, 1.82) is 0 Å². The predicted octanol–water partition coefficient (Wildman–Crippen LogP) is 4.95. The number of carbonyl (C=O) groups excluding carboxylic acids is 2. The lowest BCUT2D eigenvalue weighted by atomic mass is 9.72. The molecule has 0 saturated carbocycles. The van der Waals surface area contributed by atoms with Crippen molar-refractivity contribution in [2.24, 2.45) is 10.8 Å². The molecule has 2 aromatic heterocycles. The molecule has 8 rings (SSSR count). The van der Waals surface area contributed by atoms with Crippen LogP contribution in [0.3, 0.4) is 0 Å². The third kappa shape index (κ3) is 6.15. The van der Waals surface area contributed by atoms with E-state index in [0.29, 0.717) is 51.8 Å². The number of hydrogen-bond acceptors (Lipinski definition) is 10. The van der Waals surface area contributed by atoms with Crippen molar-refractivity contribution >= 4 is 40.8 Å². The molecule has 4 aliphatic rings. The van der Waals surface area contributed by atoms with E-state index in [0.717, 1.165) is 80.4 Å². The summed E-state index contributed by atoms with van der Waals surface area (Å²) in [5, 5.41) is 4.23. The van der Waals surface area contributed by atoms with Crippen molar-refractivity contribution in [2.45, 2.75) is 26.9 Å². The molecule has 2 aromatic carbocycles. The summed E-state index contributed by atoms with van der Waals surface area (Å²) in [7, 11) is 3.45. The van der Waals surface area contributed by atoms with Crippen molar-refractivity contribution < 1.29 is 14.3 Å². The Labute approximate surface area is 313 Å². The molecule has 14 heteroatoms. The van der Waals surface area contributed by atoms with Gasteiger partial charge in [-0.25, -0.2) is 9.97 Å². The van der Waals surface area contributed by atoms with Gasteiger partial charge in [-0.3, -0.25) is 29.4 Å². The molecule has 0 unspecified atom stereocenters. The number of aromatic nitrogens is 4. The van der Waals surface area contributed by atoms with E-state index < -0.39 is 0 Å². The summed E-state index contributed by atoms with van der Waals surface area (Å²) >= 11 is 14.2. The highest BCUT2D eigenvalue weighted by molar-refractivity contribution is 6.39. The molecular weight excluding hydrogens is 701 g/mol. The van der Waals surface area contributed by atoms with Crippen LogP contribution >= 0.6 is 23.2 Å². The summed E-state index contributed by atoms with van der Waals surface area (Å²) in [6.45, 7) is 11.6. The second kappa shape index (κ2) is 13.2. The number of hydrogen-bond donors (Lipinski definition) is 1. The van der Waals surface area contributed by atoms with Gasteiger partial charge in [0.2, 0.25) is 17.7 Å². The molecule has 4 aromatic rings. The number of nitrogens with one attached hydrogen (secondary N) is 1. The fourth-order valence-electron chi connectivity index (χ4n) is 8.36. The number of ether oxygens (including phenoxy) is 1. The lowest BCUT2D eigenvalue weighted by Gasteiger charge is -2.60. The highest BCUT2D eigenvalue weighted by Gasteiger charge is 2.53. The summed E-state index contributed by atoms with van der Waals surface area (Å²) in [5.74, 6) is 1.44. The second-order valence-corrected chi connectivity index (χ2v) is 15.6. The van der Waals surface area contributed by atoms with Gasteiger partial charge < -0.3 is 19.9 Å². The number of amides is 2. The van der Waals surface area contributed by atoms with Gasteiger partial charge in [0, 0.05) is 119 Å². The molecule has 0 radical (unpaired) electrons. The second-order valence-electron chi connectivity index (χ2n) is 14.9. The topological polar surface area (TPSA) is 120 Å². The fraction of sp³-hybridized carbons (Fsp3) is 0.421. The van der Waals surface area contributed by atoms with Crippen LogP contribution in [0.25, 0.3) is 33.6 Å². The maximum Gasteiger partial charge on any atom is 0.237 e. The van der Waals surface area contributed by atoms with Gasteiger partial charge in [-0.05, 0) is 0 Å². The van der Waals surface area contributed by atoms with Crippen LogP contribution in [0, 0.1) is 10.8 Å². The quantitative estimate of drug-likeness (QED) is 0.252. The van der Waals surface area contributed by atoms with E-state index in [2.05, 4.69) is 15.1 Å². The molecule has 2 spiro atoms. The molecule has 4 saturated heterocycles. The number of methoxy groups -OCH3 is 1. The first-order chi connectivity index (χ1) is 25.0. The zero-order chi connectivity index (χ0) is 36.4. The van der Waals surface area contributed by atoms with Crippen LogP contribution in [0.1, 0.15) is 25.2 Å². The number of nitrogens with zero attached hydrogens (tertiary/aromatic N) is 8. The predicted molar refractivity (Wildman–Crippen MR) is 200 cm³/mol. The number of carbonyl (C=O) groups is 2. The first-order valence-corrected chi connectivity index (χ1v) is 18.2. The van der Waals surface area contributed by atoms with Crippen molar-refractivity contribution in [2.75, 3.05) is 71.8 Å². The number of benzene rings is 2. The smallest absolute Gasteiger partial charge is 0.237 e. The van der Waals surface area contributed by atoms with Gasteiger partial charge in [-0.15, -0.1) is 0 Å². The fourth-order valence-corrected chi connectivity index (χ4v) is 9.01. The highest BCUT2D eigenvalue weighted by atomic mass is 35.5. The van der Waals surface area contributed by atoms with Gasteiger partial charge in [0.25, 0.3) is 0 Å². The van der Waals surface area contributed by atoms with Crippen LogP contribution in [0.2, 0.25) is 10.0 Å². The Balaban J connectivity index is 0.982. The minimum Gasteiger partial charge on any atom is -0.480 e. The summed E-state index contributed by atoms with van der Waals surface area (Å²) in [4.78, 5) is 51.0. The van der Waals surface area contributed by atoms with Crippen molar-refractivity contribution in [3.05, 3.63) is 70.2 Å². The number of likely N-dealkylation sites (tertiary alicyclic amines) is 4. The molecule has 270 valence electrons. The number of halogens is 2. The number of anilines is 1. The van der Waals surface area contributed by atoms with Crippen LogP contribution in [-0.4, -0.2) is 118 Å². The molecule has 4 aliphatic heterocycles. The maximum absolute atomic E-state index is 11.6. The first-order valence-electron chi connectivity index (χ1n) is 17.5. The maximum atomic E-state index is 11.6. The molecule has 0 aliphatic carbocycles. The van der Waals surface area contributed by atoms with E-state index in [9.17, 15) is 9.59 Å². The van der Waals surface area contributed by atoms with Crippen LogP contribution < -0.4 is 10.1 Å². The van der Waals surface area contributed by atoms with E-state index in [1.165, 1.54) is 0 Å². The van der Waals surface area contributed by atoms with E-state index in [1.807, 2.05) is 53.2 Å². The third-order valence-corrected chi connectivity index (χ3v) is 11.7. The Hall–Kier alpha value is -4.36. The molecule has 1 N–H and O–H groups in total. The van der Waals surface area contributed by atoms with Gasteiger partial charge in [0.05, 0.1) is 46.6 Å². The van der Waals surface area contributed by atoms with E-state index in [-0.39, 0.29) is 22.6 Å². The lowest BCUT2D eigenvalue weighted by molar-refractivity contribution is -0.158. The summed E-state index contributed by atoms with van der Waals surface area (Å²) in [5.41, 5.74) is 6.27. The van der Waals surface area contributed by atoms with Crippen molar-refractivity contribution in [3.63, 3.8) is 0 Å². The largest absolute Gasteiger partial charge is 0.480 e. The molecule has 52 heavy (non-hydrogen) atoms. The molecule has 0 bridgehead atoms. The Morgan fingerprint density at radius 2 is 1.15 bits per heavy atom. The van der Waals surface area contributed by atoms with Crippen molar-refractivity contribution in [3.8, 4) is 39.5 Å². The number of rotatable bonds is 9. The highest BCUT2D eigenvalue weighted by Crippen LogP contribution is 2.44. The Morgan fingerprint density at radius 3 is 1.62 bits per heavy atom. The molecule has 2 amide bonds. The van der Waals surface area contributed by atoms with Gasteiger partial charge in [-0.1, -0.05) is 59.6 Å². The first kappa shape index (κ1) is 34.7. The standard InChI is InChI=1S/C38H41Cl2N9O3/c1-23(50)48-19-37(20-48)15-46(16-37)13-31-35(41-3)44-29(11-42-31)27-9-5-7-25(33(27)39)26-8-6-10-28(34(26)40)30-12-43-32(36(45-30)52-4)14-47-17-38(18-47)21-49(22-38)24(2)51/h5-12H,13-22H2,1-4H3,(H,41,44). The minimum atomic E-state index is 0.137. The minimum absolute atomic E-state index is 0.137. The molecule has 0 atom stereocenters. The van der Waals surface area contributed by atoms with E-state index >= 15 is 0 Å². The summed E-state index contributed by atoms with van der Waals surface area (Å²) < 4.78 is 5.69. The molecule has 12 nitrogen and oxygen atoms in total. The molecule has 6 heterocycles. The monoisotopic (exact) mass is 741 g/mol.